The second-order valence-electron chi connectivity index (χ2n) is 7.06. The van der Waals surface area contributed by atoms with Crippen molar-refractivity contribution < 1.29 is 27.1 Å². The van der Waals surface area contributed by atoms with Crippen LogP contribution in [0.3, 0.4) is 0 Å². The minimum atomic E-state index is -5.01. The number of nitrogens with one attached hydrogen (secondary N) is 1. The van der Waals surface area contributed by atoms with Gasteiger partial charge in [-0.2, -0.15) is 0 Å². The molecule has 2 rings (SSSR count). The Kier molecular flexibility index (Phi) is 6.66. The van der Waals surface area contributed by atoms with Crippen LogP contribution in [0.4, 0.5) is 23.5 Å². The highest BCUT2D eigenvalue weighted by atomic mass is 19.4. The van der Waals surface area contributed by atoms with Crippen molar-refractivity contribution in [1.82, 2.24) is 9.97 Å². The first kappa shape index (κ1) is 22.4. The first-order valence-corrected chi connectivity index (χ1v) is 8.74. The number of aromatic nitrogens is 2. The number of hydrogen-bond acceptors (Lipinski definition) is 5. The molecule has 10 heteroatoms. The van der Waals surface area contributed by atoms with E-state index in [1.807, 2.05) is 0 Å². The molecule has 0 spiro atoms. The number of anilines is 1. The zero-order chi connectivity index (χ0) is 21.9. The van der Waals surface area contributed by atoms with E-state index in [0.717, 1.165) is 18.2 Å². The Hall–Kier alpha value is -2.91. The molecule has 1 aromatic heterocycles. The lowest BCUT2D eigenvalue weighted by Crippen LogP contribution is -2.22. The van der Waals surface area contributed by atoms with Gasteiger partial charge >= 0.3 is 6.36 Å². The lowest BCUT2D eigenvalue weighted by atomic mass is 9.84. The Balaban J connectivity index is 2.30. The Labute approximate surface area is 164 Å². The van der Waals surface area contributed by atoms with Gasteiger partial charge in [0.25, 0.3) is 5.56 Å². The maximum Gasteiger partial charge on any atom is 0.573 e. The van der Waals surface area contributed by atoms with Gasteiger partial charge in [0.2, 0.25) is 5.95 Å². The van der Waals surface area contributed by atoms with Gasteiger partial charge in [-0.1, -0.05) is 19.9 Å². The van der Waals surface area contributed by atoms with E-state index in [2.05, 4.69) is 14.7 Å². The molecule has 2 aromatic rings. The third kappa shape index (κ3) is 6.03. The quantitative estimate of drug-likeness (QED) is 0.549. The highest BCUT2D eigenvalue weighted by Crippen LogP contribution is 2.33. The van der Waals surface area contributed by atoms with Gasteiger partial charge in [0.15, 0.2) is 17.3 Å². The molecule has 0 bridgehead atoms. The van der Waals surface area contributed by atoms with Crippen LogP contribution in [0, 0.1) is 11.7 Å². The second kappa shape index (κ2) is 8.62. The molecule has 1 N–H and O–H groups in total. The lowest BCUT2D eigenvalue weighted by molar-refractivity contribution is -0.275. The van der Waals surface area contributed by atoms with E-state index in [0.29, 0.717) is 5.56 Å². The van der Waals surface area contributed by atoms with Gasteiger partial charge < -0.3 is 9.64 Å². The van der Waals surface area contributed by atoms with Crippen LogP contribution in [-0.2, 0) is 0 Å². The number of ketones is 1. The van der Waals surface area contributed by atoms with E-state index < -0.39 is 35.2 Å². The zero-order valence-electron chi connectivity index (χ0n) is 16.3. The van der Waals surface area contributed by atoms with Gasteiger partial charge in [-0.3, -0.25) is 14.6 Å². The van der Waals surface area contributed by atoms with Crippen molar-refractivity contribution in [3.05, 3.63) is 51.7 Å². The normalized spacial score (nSPS) is 12.7. The van der Waals surface area contributed by atoms with Crippen molar-refractivity contribution in [2.45, 2.75) is 32.5 Å². The molecule has 0 fully saturated rings. The average molecular weight is 415 g/mol. The number of halogens is 4. The number of Topliss-reactive ketones (excluding diaryl/α,β-unsaturated/α-hetero) is 1. The largest absolute Gasteiger partial charge is 0.573 e. The molecule has 6 nitrogen and oxygen atoms in total. The number of carbonyl (C=O) groups is 1. The predicted molar refractivity (Wildman–Crippen MR) is 98.8 cm³/mol. The molecule has 1 heterocycles. The Bertz CT molecular complexity index is 939. The van der Waals surface area contributed by atoms with E-state index >= 15 is 0 Å². The van der Waals surface area contributed by atoms with E-state index in [1.165, 1.54) is 11.0 Å². The van der Waals surface area contributed by atoms with Crippen LogP contribution in [0.2, 0.25) is 0 Å². The van der Waals surface area contributed by atoms with Gasteiger partial charge in [0.05, 0.1) is 0 Å². The molecule has 0 amide bonds. The van der Waals surface area contributed by atoms with E-state index in [-0.39, 0.29) is 24.0 Å². The average Bonchev–Trinajstić information content (AvgIpc) is 2.59. The molecular weight excluding hydrogens is 394 g/mol. The van der Waals surface area contributed by atoms with Crippen LogP contribution in [0.1, 0.15) is 42.2 Å². The minimum Gasteiger partial charge on any atom is -0.403 e. The minimum absolute atomic E-state index is 0.0411. The van der Waals surface area contributed by atoms with Gasteiger partial charge in [0, 0.05) is 26.6 Å². The van der Waals surface area contributed by atoms with Crippen LogP contribution in [0.15, 0.2) is 29.1 Å². The van der Waals surface area contributed by atoms with Crippen molar-refractivity contribution in [1.29, 1.82) is 0 Å². The van der Waals surface area contributed by atoms with Crippen molar-refractivity contribution in [3.8, 4) is 5.75 Å². The summed E-state index contributed by atoms with van der Waals surface area (Å²) in [6.07, 6.45) is -5.11. The number of alkyl halides is 3. The van der Waals surface area contributed by atoms with Gasteiger partial charge in [0.1, 0.15) is 5.69 Å². The molecule has 0 aliphatic heterocycles. The van der Waals surface area contributed by atoms with Crippen molar-refractivity contribution >= 4 is 11.7 Å². The smallest absolute Gasteiger partial charge is 0.403 e. The van der Waals surface area contributed by atoms with Crippen LogP contribution in [0.25, 0.3) is 0 Å². The molecule has 0 aliphatic rings. The fourth-order valence-electron chi connectivity index (χ4n) is 2.80. The van der Waals surface area contributed by atoms with Gasteiger partial charge in [-0.25, -0.2) is 9.37 Å². The summed E-state index contributed by atoms with van der Waals surface area (Å²) in [5, 5.41) is 0. The maximum atomic E-state index is 14.1. The fraction of sp³-hybridized carbons (Fsp3) is 0.421. The number of H-pyrrole nitrogens is 1. The molecular formula is C19H21F4N3O3. The summed E-state index contributed by atoms with van der Waals surface area (Å²) in [7, 11) is 3.30. The van der Waals surface area contributed by atoms with Crippen molar-refractivity contribution in [2.24, 2.45) is 5.92 Å². The standard InChI is InChI=1S/C19H21F4N3O3/c1-10(2)12(11-5-6-16(13(20)7-11)29-19(21,22)23)8-15(27)14-9-17(28)25-18(24-14)26(3)4/h5-7,9-10,12H,8H2,1-4H3,(H,24,25,28)/t12-/m1/s1. The molecule has 1 atom stereocenters. The Morgan fingerprint density at radius 2 is 1.90 bits per heavy atom. The summed E-state index contributed by atoms with van der Waals surface area (Å²) in [5.74, 6) is -2.98. The van der Waals surface area contributed by atoms with Gasteiger partial charge in [-0.05, 0) is 29.5 Å². The number of hydrogen-bond donors (Lipinski definition) is 1. The summed E-state index contributed by atoms with van der Waals surface area (Å²) in [6, 6.07) is 4.18. The number of rotatable bonds is 7. The lowest BCUT2D eigenvalue weighted by Gasteiger charge is -2.21. The topological polar surface area (TPSA) is 75.3 Å². The maximum absolute atomic E-state index is 14.1. The molecule has 0 unspecified atom stereocenters. The van der Waals surface area contributed by atoms with Gasteiger partial charge in [-0.15, -0.1) is 13.2 Å². The molecule has 0 saturated heterocycles. The Morgan fingerprint density at radius 1 is 1.24 bits per heavy atom. The number of nitrogens with zero attached hydrogens (tertiary/aromatic N) is 2. The number of ether oxygens (including phenoxy) is 1. The summed E-state index contributed by atoms with van der Waals surface area (Å²) in [4.78, 5) is 32.6. The third-order valence-electron chi connectivity index (χ3n) is 4.26. The van der Waals surface area contributed by atoms with Crippen molar-refractivity contribution in [3.63, 3.8) is 0 Å². The number of benzene rings is 1. The number of carbonyl (C=O) groups excluding carboxylic acids is 1. The third-order valence-corrected chi connectivity index (χ3v) is 4.26. The molecule has 0 radical (unpaired) electrons. The first-order chi connectivity index (χ1) is 13.4. The van der Waals surface area contributed by atoms with Crippen molar-refractivity contribution in [2.75, 3.05) is 19.0 Å². The highest BCUT2D eigenvalue weighted by molar-refractivity contribution is 5.95. The van der Waals surface area contributed by atoms with Crippen LogP contribution < -0.4 is 15.2 Å². The molecule has 29 heavy (non-hydrogen) atoms. The highest BCUT2D eigenvalue weighted by Gasteiger charge is 2.32. The zero-order valence-corrected chi connectivity index (χ0v) is 16.3. The van der Waals surface area contributed by atoms with E-state index in [1.54, 1.807) is 27.9 Å². The monoisotopic (exact) mass is 415 g/mol. The second-order valence-corrected chi connectivity index (χ2v) is 7.06. The molecule has 0 saturated carbocycles. The first-order valence-electron chi connectivity index (χ1n) is 8.74. The van der Waals surface area contributed by atoms with E-state index in [4.69, 9.17) is 0 Å². The summed E-state index contributed by atoms with van der Waals surface area (Å²) in [5.41, 5.74) is -0.188. The summed E-state index contributed by atoms with van der Waals surface area (Å²) >= 11 is 0. The molecule has 1 aromatic carbocycles. The fourth-order valence-corrected chi connectivity index (χ4v) is 2.80. The van der Waals surface area contributed by atoms with Crippen LogP contribution >= 0.6 is 0 Å². The Morgan fingerprint density at radius 3 is 2.41 bits per heavy atom. The van der Waals surface area contributed by atoms with Crippen LogP contribution in [-0.4, -0.2) is 36.2 Å². The molecule has 158 valence electrons. The number of aromatic amines is 1. The SMILES string of the molecule is CC(C)[C@@H](CC(=O)c1cc(=O)[nH]c(N(C)C)n1)c1ccc(OC(F)(F)F)c(F)c1. The van der Waals surface area contributed by atoms with E-state index in [9.17, 15) is 27.2 Å². The molecule has 0 aliphatic carbocycles. The van der Waals surface area contributed by atoms with Crippen LogP contribution in [0.5, 0.6) is 5.75 Å². The summed E-state index contributed by atoms with van der Waals surface area (Å²) in [6.45, 7) is 3.60. The summed E-state index contributed by atoms with van der Waals surface area (Å²) < 4.78 is 54.7. The predicted octanol–water partition coefficient (Wildman–Crippen LogP) is 3.89.